The first-order valence-corrected chi connectivity index (χ1v) is 4.44. The van der Waals surface area contributed by atoms with Gasteiger partial charge in [0.15, 0.2) is 0 Å². The Morgan fingerprint density at radius 3 is 2.53 bits per heavy atom. The van der Waals surface area contributed by atoms with Crippen LogP contribution < -0.4 is 0 Å². The van der Waals surface area contributed by atoms with Crippen molar-refractivity contribution in [2.75, 3.05) is 6.61 Å². The molecular formula is C10H12FNO3. The maximum absolute atomic E-state index is 13.5. The van der Waals surface area contributed by atoms with E-state index in [1.54, 1.807) is 13.8 Å². The van der Waals surface area contributed by atoms with Gasteiger partial charge in [-0.3, -0.25) is 10.1 Å². The molecule has 1 rings (SSSR count). The zero-order valence-corrected chi connectivity index (χ0v) is 8.53. The number of aliphatic hydroxyl groups excluding tert-OH is 1. The molecule has 0 fully saturated rings. The third kappa shape index (κ3) is 2.30. The highest BCUT2D eigenvalue weighted by Crippen LogP contribution is 2.27. The van der Waals surface area contributed by atoms with Gasteiger partial charge in [0.25, 0.3) is 5.69 Å². The number of aliphatic hydroxyl groups is 1. The Morgan fingerprint density at radius 2 is 2.13 bits per heavy atom. The molecule has 0 spiro atoms. The third-order valence-corrected chi connectivity index (χ3v) is 2.29. The van der Waals surface area contributed by atoms with E-state index in [0.717, 1.165) is 6.07 Å². The van der Waals surface area contributed by atoms with Crippen molar-refractivity contribution in [3.8, 4) is 0 Å². The second-order valence-corrected chi connectivity index (χ2v) is 3.96. The van der Waals surface area contributed by atoms with Crippen LogP contribution in [-0.2, 0) is 5.41 Å². The summed E-state index contributed by atoms with van der Waals surface area (Å²) in [5, 5.41) is 19.4. The van der Waals surface area contributed by atoms with Gasteiger partial charge in [-0.25, -0.2) is 4.39 Å². The van der Waals surface area contributed by atoms with E-state index in [-0.39, 0.29) is 17.9 Å². The fraction of sp³-hybridized carbons (Fsp3) is 0.400. The lowest BCUT2D eigenvalue weighted by Gasteiger charge is -2.22. The predicted octanol–water partition coefficient (Wildman–Crippen LogP) is 2.00. The van der Waals surface area contributed by atoms with Gasteiger partial charge in [0.05, 0.1) is 17.6 Å². The molecule has 0 radical (unpaired) electrons. The molecule has 82 valence electrons. The monoisotopic (exact) mass is 213 g/mol. The molecule has 5 heteroatoms. The SMILES string of the molecule is CC(C)(CO)c1ccc([N+](=O)[O-])cc1F. The van der Waals surface area contributed by atoms with Crippen LogP contribution in [0, 0.1) is 15.9 Å². The number of benzene rings is 1. The average Bonchev–Trinajstić information content (AvgIpc) is 2.17. The lowest BCUT2D eigenvalue weighted by atomic mass is 9.85. The van der Waals surface area contributed by atoms with E-state index in [1.807, 2.05) is 0 Å². The van der Waals surface area contributed by atoms with Crippen molar-refractivity contribution in [2.24, 2.45) is 0 Å². The Bertz CT molecular complexity index is 390. The Kier molecular flexibility index (Phi) is 3.04. The van der Waals surface area contributed by atoms with Crippen LogP contribution in [0.5, 0.6) is 0 Å². The molecule has 0 bridgehead atoms. The molecule has 0 unspecified atom stereocenters. The van der Waals surface area contributed by atoms with Crippen LogP contribution in [0.15, 0.2) is 18.2 Å². The Labute approximate surface area is 86.5 Å². The number of hydrogen-bond donors (Lipinski definition) is 1. The summed E-state index contributed by atoms with van der Waals surface area (Å²) in [7, 11) is 0. The zero-order chi connectivity index (χ0) is 11.6. The van der Waals surface area contributed by atoms with Gasteiger partial charge in [0, 0.05) is 11.5 Å². The molecule has 15 heavy (non-hydrogen) atoms. The van der Waals surface area contributed by atoms with Crippen molar-refractivity contribution in [2.45, 2.75) is 19.3 Å². The maximum Gasteiger partial charge on any atom is 0.272 e. The summed E-state index contributed by atoms with van der Waals surface area (Å²) in [5.74, 6) is -0.664. The fourth-order valence-corrected chi connectivity index (χ4v) is 1.25. The number of rotatable bonds is 3. The number of hydrogen-bond acceptors (Lipinski definition) is 3. The number of nitro benzene ring substituents is 1. The molecule has 1 N–H and O–H groups in total. The van der Waals surface area contributed by atoms with Gasteiger partial charge in [-0.1, -0.05) is 13.8 Å². The van der Waals surface area contributed by atoms with E-state index >= 15 is 0 Å². The first-order chi connectivity index (χ1) is 6.88. The standard InChI is InChI=1S/C10H12FNO3/c1-10(2,6-13)8-4-3-7(12(14)15)5-9(8)11/h3-5,13H,6H2,1-2H3. The third-order valence-electron chi connectivity index (χ3n) is 2.29. The Balaban J connectivity index is 3.19. The summed E-state index contributed by atoms with van der Waals surface area (Å²) in [6.07, 6.45) is 0. The van der Waals surface area contributed by atoms with E-state index in [4.69, 9.17) is 5.11 Å². The predicted molar refractivity (Wildman–Crippen MR) is 53.2 cm³/mol. The molecular weight excluding hydrogens is 201 g/mol. The maximum atomic E-state index is 13.5. The summed E-state index contributed by atoms with van der Waals surface area (Å²) in [6, 6.07) is 3.44. The van der Waals surface area contributed by atoms with Crippen LogP contribution in [0.25, 0.3) is 0 Å². The molecule has 0 aromatic heterocycles. The summed E-state index contributed by atoms with van der Waals surface area (Å²) in [4.78, 5) is 9.72. The van der Waals surface area contributed by atoms with Crippen molar-refractivity contribution < 1.29 is 14.4 Å². The fourth-order valence-electron chi connectivity index (χ4n) is 1.25. The molecule has 0 aliphatic heterocycles. The number of halogens is 1. The smallest absolute Gasteiger partial charge is 0.272 e. The largest absolute Gasteiger partial charge is 0.395 e. The van der Waals surface area contributed by atoms with Crippen LogP contribution in [0.1, 0.15) is 19.4 Å². The molecule has 0 atom stereocenters. The Hall–Kier alpha value is -1.49. The highest BCUT2D eigenvalue weighted by molar-refractivity contribution is 5.37. The van der Waals surface area contributed by atoms with Crippen molar-refractivity contribution in [3.63, 3.8) is 0 Å². The molecule has 1 aromatic carbocycles. The number of nitrogens with zero attached hydrogens (tertiary/aromatic N) is 1. The minimum atomic E-state index is -0.737. The minimum Gasteiger partial charge on any atom is -0.395 e. The van der Waals surface area contributed by atoms with Gasteiger partial charge in [0.1, 0.15) is 5.82 Å². The second kappa shape index (κ2) is 3.94. The summed E-state index contributed by atoms with van der Waals surface area (Å²) in [5.41, 5.74) is -0.750. The molecule has 0 aliphatic carbocycles. The molecule has 0 saturated carbocycles. The van der Waals surface area contributed by atoms with Crippen LogP contribution in [0.2, 0.25) is 0 Å². The van der Waals surface area contributed by atoms with Gasteiger partial charge in [-0.15, -0.1) is 0 Å². The minimum absolute atomic E-state index is 0.221. The molecule has 0 aliphatic rings. The average molecular weight is 213 g/mol. The van der Waals surface area contributed by atoms with E-state index < -0.39 is 16.2 Å². The van der Waals surface area contributed by atoms with Gasteiger partial charge in [-0.2, -0.15) is 0 Å². The summed E-state index contributed by atoms with van der Waals surface area (Å²) in [6.45, 7) is 3.11. The highest BCUT2D eigenvalue weighted by atomic mass is 19.1. The molecule has 0 saturated heterocycles. The van der Waals surface area contributed by atoms with Crippen molar-refractivity contribution >= 4 is 5.69 Å². The van der Waals surface area contributed by atoms with Gasteiger partial charge in [-0.05, 0) is 11.6 Å². The van der Waals surface area contributed by atoms with Crippen molar-refractivity contribution in [3.05, 3.63) is 39.7 Å². The zero-order valence-electron chi connectivity index (χ0n) is 8.53. The summed E-state index contributed by atoms with van der Waals surface area (Å²) < 4.78 is 13.5. The molecule has 4 nitrogen and oxygen atoms in total. The van der Waals surface area contributed by atoms with Crippen LogP contribution in [0.3, 0.4) is 0 Å². The topological polar surface area (TPSA) is 63.4 Å². The Morgan fingerprint density at radius 1 is 1.53 bits per heavy atom. The van der Waals surface area contributed by atoms with E-state index in [1.165, 1.54) is 12.1 Å². The molecule has 0 heterocycles. The number of nitro groups is 1. The lowest BCUT2D eigenvalue weighted by molar-refractivity contribution is -0.385. The normalized spacial score (nSPS) is 11.5. The molecule has 0 amide bonds. The van der Waals surface area contributed by atoms with Crippen molar-refractivity contribution in [1.29, 1.82) is 0 Å². The van der Waals surface area contributed by atoms with E-state index in [2.05, 4.69) is 0 Å². The molecule has 1 aromatic rings. The van der Waals surface area contributed by atoms with Crippen LogP contribution >= 0.6 is 0 Å². The second-order valence-electron chi connectivity index (χ2n) is 3.96. The van der Waals surface area contributed by atoms with Crippen molar-refractivity contribution in [1.82, 2.24) is 0 Å². The van der Waals surface area contributed by atoms with Crippen LogP contribution in [-0.4, -0.2) is 16.6 Å². The van der Waals surface area contributed by atoms with Gasteiger partial charge in [0.2, 0.25) is 0 Å². The van der Waals surface area contributed by atoms with Gasteiger partial charge < -0.3 is 5.11 Å². The van der Waals surface area contributed by atoms with E-state index in [0.29, 0.717) is 0 Å². The quantitative estimate of drug-likeness (QED) is 0.617. The summed E-state index contributed by atoms with van der Waals surface area (Å²) >= 11 is 0. The number of non-ortho nitro benzene ring substituents is 1. The van der Waals surface area contributed by atoms with Crippen LogP contribution in [0.4, 0.5) is 10.1 Å². The first-order valence-electron chi connectivity index (χ1n) is 4.44. The first kappa shape index (κ1) is 11.6. The van der Waals surface area contributed by atoms with E-state index in [9.17, 15) is 14.5 Å². The lowest BCUT2D eigenvalue weighted by Crippen LogP contribution is -2.23. The van der Waals surface area contributed by atoms with Gasteiger partial charge >= 0.3 is 0 Å². The highest BCUT2D eigenvalue weighted by Gasteiger charge is 2.24.